The van der Waals surface area contributed by atoms with Crippen molar-refractivity contribution in [3.63, 3.8) is 0 Å². The maximum Gasteiger partial charge on any atom is 0.273 e. The molecule has 0 aliphatic carbocycles. The van der Waals surface area contributed by atoms with Crippen molar-refractivity contribution in [1.82, 2.24) is 0 Å². The molecule has 0 atom stereocenters. The minimum atomic E-state index is -4.44. The molecule has 0 fully saturated rings. The second-order valence-corrected chi connectivity index (χ2v) is 10.3. The summed E-state index contributed by atoms with van der Waals surface area (Å²) in [4.78, 5) is 25.4. The van der Waals surface area contributed by atoms with E-state index in [9.17, 15) is 23.3 Å². The fraction of sp³-hybridized carbons (Fsp3) is 0.208. The van der Waals surface area contributed by atoms with Gasteiger partial charge in [0.25, 0.3) is 15.7 Å². The van der Waals surface area contributed by atoms with Gasteiger partial charge in [0.2, 0.25) is 5.91 Å². The first-order chi connectivity index (χ1) is 16.6. The van der Waals surface area contributed by atoms with Crippen LogP contribution < -0.4 is 13.9 Å². The predicted octanol–water partition coefficient (Wildman–Crippen LogP) is 4.35. The molecule has 0 spiro atoms. The van der Waals surface area contributed by atoms with E-state index in [-0.39, 0.29) is 27.0 Å². The SMILES string of the molecule is COc1ccc(Cl)cc1N(CC(=O)N1CCc2ccccc21)S(=O)(=O)c1ccc(C)c([N+](=O)[O-])c1. The molecule has 0 radical (unpaired) electrons. The smallest absolute Gasteiger partial charge is 0.273 e. The minimum absolute atomic E-state index is 0.0454. The summed E-state index contributed by atoms with van der Waals surface area (Å²) in [6.07, 6.45) is 0.652. The fourth-order valence-corrected chi connectivity index (χ4v) is 5.64. The molecule has 0 N–H and O–H groups in total. The molecular formula is C24H22ClN3O6S. The molecule has 182 valence electrons. The number of amides is 1. The normalized spacial score (nSPS) is 12.8. The van der Waals surface area contributed by atoms with Crippen molar-refractivity contribution in [2.45, 2.75) is 18.2 Å². The van der Waals surface area contributed by atoms with Crippen LogP contribution in [0.15, 0.2) is 65.6 Å². The van der Waals surface area contributed by atoms with Crippen LogP contribution >= 0.6 is 11.6 Å². The molecule has 1 aliphatic heterocycles. The third kappa shape index (κ3) is 4.67. The molecule has 0 aromatic heterocycles. The first kappa shape index (κ1) is 24.5. The van der Waals surface area contributed by atoms with Gasteiger partial charge in [-0.1, -0.05) is 35.9 Å². The standard InChI is InChI=1S/C24H22ClN3O6S/c1-16-7-9-19(14-21(16)28(30)31)35(32,33)27(22-13-18(25)8-10-23(22)34-2)15-24(29)26-12-11-17-5-3-4-6-20(17)26/h3-10,13-14H,11-12,15H2,1-2H3. The van der Waals surface area contributed by atoms with E-state index in [2.05, 4.69) is 0 Å². The number of ether oxygens (including phenoxy) is 1. The Labute approximate surface area is 207 Å². The first-order valence-corrected chi connectivity index (χ1v) is 12.4. The number of fused-ring (bicyclic) bond motifs is 1. The summed E-state index contributed by atoms with van der Waals surface area (Å²) in [5.41, 5.74) is 1.72. The lowest BCUT2D eigenvalue weighted by atomic mass is 10.2. The van der Waals surface area contributed by atoms with Gasteiger partial charge < -0.3 is 9.64 Å². The van der Waals surface area contributed by atoms with E-state index in [1.807, 2.05) is 24.3 Å². The largest absolute Gasteiger partial charge is 0.495 e. The molecule has 1 aliphatic rings. The Morgan fingerprint density at radius 2 is 1.91 bits per heavy atom. The number of benzene rings is 3. The second kappa shape index (κ2) is 9.55. The van der Waals surface area contributed by atoms with Gasteiger partial charge >= 0.3 is 0 Å². The Morgan fingerprint density at radius 3 is 2.63 bits per heavy atom. The van der Waals surface area contributed by atoms with Gasteiger partial charge in [0.1, 0.15) is 12.3 Å². The summed E-state index contributed by atoms with van der Waals surface area (Å²) in [6, 6.07) is 15.4. The Kier molecular flexibility index (Phi) is 6.68. The molecule has 0 saturated heterocycles. The zero-order valence-corrected chi connectivity index (χ0v) is 20.5. The predicted molar refractivity (Wildman–Crippen MR) is 133 cm³/mol. The zero-order chi connectivity index (χ0) is 25.3. The van der Waals surface area contributed by atoms with Crippen molar-refractivity contribution in [2.75, 3.05) is 29.4 Å². The number of nitro benzene ring substituents is 1. The second-order valence-electron chi connectivity index (χ2n) is 7.96. The molecule has 3 aromatic rings. The lowest BCUT2D eigenvalue weighted by Gasteiger charge is -2.28. The number of nitrogens with zero attached hydrogens (tertiary/aromatic N) is 3. The number of hydrogen-bond donors (Lipinski definition) is 0. The van der Waals surface area contributed by atoms with E-state index in [1.54, 1.807) is 0 Å². The van der Waals surface area contributed by atoms with Gasteiger partial charge in [-0.2, -0.15) is 0 Å². The van der Waals surface area contributed by atoms with Crippen molar-refractivity contribution in [1.29, 1.82) is 0 Å². The van der Waals surface area contributed by atoms with Crippen molar-refractivity contribution < 1.29 is 22.9 Å². The summed E-state index contributed by atoms with van der Waals surface area (Å²) in [7, 11) is -3.07. The van der Waals surface area contributed by atoms with E-state index in [0.29, 0.717) is 18.5 Å². The highest BCUT2D eigenvalue weighted by atomic mass is 35.5. The number of anilines is 2. The quantitative estimate of drug-likeness (QED) is 0.342. The molecular weight excluding hydrogens is 494 g/mol. The molecule has 11 heteroatoms. The number of carbonyl (C=O) groups is 1. The highest BCUT2D eigenvalue weighted by Gasteiger charge is 2.34. The van der Waals surface area contributed by atoms with Crippen molar-refractivity contribution in [3.05, 3.63) is 86.9 Å². The lowest BCUT2D eigenvalue weighted by Crippen LogP contribution is -2.42. The maximum atomic E-state index is 13.8. The summed E-state index contributed by atoms with van der Waals surface area (Å²) < 4.78 is 33.9. The monoisotopic (exact) mass is 515 g/mol. The molecule has 0 bridgehead atoms. The number of sulfonamides is 1. The van der Waals surface area contributed by atoms with Crippen LogP contribution in [0.5, 0.6) is 5.75 Å². The molecule has 3 aromatic carbocycles. The Hall–Kier alpha value is -3.63. The number of para-hydroxylation sites is 1. The van der Waals surface area contributed by atoms with E-state index < -0.39 is 27.4 Å². The minimum Gasteiger partial charge on any atom is -0.495 e. The molecule has 1 amide bonds. The topological polar surface area (TPSA) is 110 Å². The number of aryl methyl sites for hydroxylation is 1. The van der Waals surface area contributed by atoms with Crippen LogP contribution in [-0.2, 0) is 21.2 Å². The number of hydrogen-bond acceptors (Lipinski definition) is 6. The van der Waals surface area contributed by atoms with E-state index in [4.69, 9.17) is 16.3 Å². The highest BCUT2D eigenvalue weighted by Crippen LogP contribution is 2.36. The van der Waals surface area contributed by atoms with Gasteiger partial charge in [0, 0.05) is 28.9 Å². The third-order valence-electron chi connectivity index (χ3n) is 5.84. The number of nitro groups is 1. The Morgan fingerprint density at radius 1 is 1.17 bits per heavy atom. The van der Waals surface area contributed by atoms with Crippen LogP contribution in [0.3, 0.4) is 0 Å². The van der Waals surface area contributed by atoms with Crippen molar-refractivity contribution in [2.24, 2.45) is 0 Å². The van der Waals surface area contributed by atoms with Gasteiger partial charge in [-0.3, -0.25) is 19.2 Å². The molecule has 1 heterocycles. The van der Waals surface area contributed by atoms with Crippen LogP contribution in [-0.4, -0.2) is 39.4 Å². The van der Waals surface area contributed by atoms with Crippen molar-refractivity contribution in [3.8, 4) is 5.75 Å². The molecule has 35 heavy (non-hydrogen) atoms. The van der Waals surface area contributed by atoms with E-state index in [0.717, 1.165) is 21.6 Å². The zero-order valence-electron chi connectivity index (χ0n) is 19.0. The van der Waals surface area contributed by atoms with Gasteiger partial charge in [0.05, 0.1) is 22.6 Å². The molecule has 0 saturated carbocycles. The number of rotatable bonds is 7. The average Bonchev–Trinajstić information content (AvgIpc) is 3.26. The van der Waals surface area contributed by atoms with Crippen LogP contribution in [0.1, 0.15) is 11.1 Å². The molecule has 9 nitrogen and oxygen atoms in total. The number of carbonyl (C=O) groups excluding carboxylic acids is 1. The van der Waals surface area contributed by atoms with Crippen LogP contribution in [0.4, 0.5) is 17.1 Å². The Bertz CT molecular complexity index is 1430. The van der Waals surface area contributed by atoms with Gasteiger partial charge in [0.15, 0.2) is 0 Å². The average molecular weight is 516 g/mol. The van der Waals surface area contributed by atoms with Gasteiger partial charge in [-0.05, 0) is 49.2 Å². The highest BCUT2D eigenvalue weighted by molar-refractivity contribution is 7.92. The lowest BCUT2D eigenvalue weighted by molar-refractivity contribution is -0.385. The van der Waals surface area contributed by atoms with Crippen molar-refractivity contribution >= 4 is 44.6 Å². The van der Waals surface area contributed by atoms with Gasteiger partial charge in [-0.15, -0.1) is 0 Å². The summed E-state index contributed by atoms with van der Waals surface area (Å²) in [6.45, 7) is 1.37. The van der Waals surface area contributed by atoms with E-state index in [1.165, 1.54) is 49.3 Å². The molecule has 0 unspecified atom stereocenters. The Balaban J connectivity index is 1.82. The fourth-order valence-electron chi connectivity index (χ4n) is 4.04. The summed E-state index contributed by atoms with van der Waals surface area (Å²) in [5, 5.41) is 11.7. The van der Waals surface area contributed by atoms with Crippen LogP contribution in [0.2, 0.25) is 5.02 Å². The number of halogens is 1. The first-order valence-electron chi connectivity index (χ1n) is 10.6. The summed E-state index contributed by atoms with van der Waals surface area (Å²) >= 11 is 6.17. The maximum absolute atomic E-state index is 13.8. The van der Waals surface area contributed by atoms with Crippen LogP contribution in [0, 0.1) is 17.0 Å². The van der Waals surface area contributed by atoms with Crippen LogP contribution in [0.25, 0.3) is 0 Å². The summed E-state index contributed by atoms with van der Waals surface area (Å²) in [5.74, 6) is -0.281. The van der Waals surface area contributed by atoms with Gasteiger partial charge in [-0.25, -0.2) is 8.42 Å². The van der Waals surface area contributed by atoms with E-state index >= 15 is 0 Å². The molecule has 4 rings (SSSR count). The number of methoxy groups -OCH3 is 1. The third-order valence-corrected chi connectivity index (χ3v) is 7.83.